The van der Waals surface area contributed by atoms with Gasteiger partial charge in [0, 0.05) is 17.8 Å². The fraction of sp³-hybridized carbons (Fsp3) is 0.471. The Morgan fingerprint density at radius 2 is 1.68 bits per heavy atom. The highest BCUT2D eigenvalue weighted by Gasteiger charge is 2.19. The van der Waals surface area contributed by atoms with Crippen molar-refractivity contribution in [2.45, 2.75) is 53.5 Å². The lowest BCUT2D eigenvalue weighted by Gasteiger charge is -2.13. The third-order valence-corrected chi connectivity index (χ3v) is 4.45. The lowest BCUT2D eigenvalue weighted by atomic mass is 9.96. The van der Waals surface area contributed by atoms with E-state index >= 15 is 0 Å². The van der Waals surface area contributed by atoms with Crippen molar-refractivity contribution in [3.63, 3.8) is 0 Å². The van der Waals surface area contributed by atoms with Crippen LogP contribution in [0.15, 0.2) is 12.1 Å². The number of rotatable bonds is 1. The Labute approximate surface area is 115 Å². The highest BCUT2D eigenvalue weighted by Crippen LogP contribution is 2.31. The number of nitrogens with zero attached hydrogens (tertiary/aromatic N) is 2. The molecule has 2 nitrogen and oxygen atoms in total. The zero-order chi connectivity index (χ0) is 13.6. The molecule has 100 valence electrons. The van der Waals surface area contributed by atoms with E-state index in [1.165, 1.54) is 58.5 Å². The second kappa shape index (κ2) is 4.52. The van der Waals surface area contributed by atoms with Gasteiger partial charge in [-0.25, -0.2) is 0 Å². The summed E-state index contributed by atoms with van der Waals surface area (Å²) in [5.41, 5.74) is 9.38. The van der Waals surface area contributed by atoms with Gasteiger partial charge in [0.05, 0.1) is 5.69 Å². The number of aryl methyl sites for hydroxylation is 4. The second-order valence-electron chi connectivity index (χ2n) is 5.85. The molecular weight excluding hydrogens is 232 g/mol. The highest BCUT2D eigenvalue weighted by molar-refractivity contribution is 5.69. The van der Waals surface area contributed by atoms with Crippen LogP contribution >= 0.6 is 0 Å². The average molecular weight is 254 g/mol. The van der Waals surface area contributed by atoms with E-state index in [0.29, 0.717) is 0 Å². The van der Waals surface area contributed by atoms with Crippen molar-refractivity contribution in [3.05, 3.63) is 40.1 Å². The van der Waals surface area contributed by atoms with Crippen molar-refractivity contribution in [1.29, 1.82) is 0 Å². The molecule has 0 atom stereocenters. The van der Waals surface area contributed by atoms with Gasteiger partial charge in [-0.05, 0) is 75.3 Å². The van der Waals surface area contributed by atoms with Crippen molar-refractivity contribution < 1.29 is 0 Å². The predicted octanol–water partition coefficient (Wildman–Crippen LogP) is 4.12. The Kier molecular flexibility index (Phi) is 2.96. The van der Waals surface area contributed by atoms with Crippen LogP contribution in [0.5, 0.6) is 0 Å². The van der Waals surface area contributed by atoms with Crippen molar-refractivity contribution in [3.8, 4) is 11.3 Å². The molecule has 0 saturated carbocycles. The first-order valence-electron chi connectivity index (χ1n) is 7.22. The summed E-state index contributed by atoms with van der Waals surface area (Å²) in [5.74, 6) is 0. The van der Waals surface area contributed by atoms with Crippen LogP contribution in [-0.4, -0.2) is 9.78 Å². The van der Waals surface area contributed by atoms with E-state index in [0.717, 1.165) is 6.54 Å². The van der Waals surface area contributed by atoms with Crippen LogP contribution in [0.25, 0.3) is 11.3 Å². The molecule has 0 spiro atoms. The third kappa shape index (κ3) is 1.99. The first-order valence-corrected chi connectivity index (χ1v) is 7.22. The van der Waals surface area contributed by atoms with Crippen molar-refractivity contribution >= 4 is 0 Å². The first kappa shape index (κ1) is 12.5. The molecule has 0 fully saturated rings. The summed E-state index contributed by atoms with van der Waals surface area (Å²) >= 11 is 0. The van der Waals surface area contributed by atoms with E-state index in [9.17, 15) is 0 Å². The number of hydrogen-bond acceptors (Lipinski definition) is 1. The molecule has 0 amide bonds. The lowest BCUT2D eigenvalue weighted by molar-refractivity contribution is 0.486. The third-order valence-electron chi connectivity index (χ3n) is 4.45. The summed E-state index contributed by atoms with van der Waals surface area (Å²) in [6, 6.07) is 4.58. The summed E-state index contributed by atoms with van der Waals surface area (Å²) < 4.78 is 2.22. The minimum Gasteiger partial charge on any atom is -0.269 e. The molecule has 1 aromatic carbocycles. The molecule has 1 aliphatic heterocycles. The van der Waals surface area contributed by atoms with Crippen LogP contribution in [0.1, 0.15) is 40.8 Å². The summed E-state index contributed by atoms with van der Waals surface area (Å²) in [4.78, 5) is 0. The van der Waals surface area contributed by atoms with E-state index in [1.54, 1.807) is 0 Å². The fourth-order valence-electron chi connectivity index (χ4n) is 3.11. The fourth-order valence-corrected chi connectivity index (χ4v) is 3.11. The second-order valence-corrected chi connectivity index (χ2v) is 5.85. The van der Waals surface area contributed by atoms with E-state index in [-0.39, 0.29) is 0 Å². The Morgan fingerprint density at radius 1 is 0.947 bits per heavy atom. The molecule has 0 bridgehead atoms. The topological polar surface area (TPSA) is 17.8 Å². The van der Waals surface area contributed by atoms with E-state index < -0.39 is 0 Å². The molecule has 3 rings (SSSR count). The Hall–Kier alpha value is -1.57. The molecule has 2 heteroatoms. The molecule has 0 N–H and O–H groups in total. The van der Waals surface area contributed by atoms with Crippen molar-refractivity contribution in [2.75, 3.05) is 0 Å². The summed E-state index contributed by atoms with van der Waals surface area (Å²) in [7, 11) is 0. The molecule has 1 aliphatic rings. The van der Waals surface area contributed by atoms with Gasteiger partial charge in [0.2, 0.25) is 0 Å². The van der Waals surface area contributed by atoms with Crippen LogP contribution in [0, 0.1) is 27.7 Å². The molecule has 0 saturated heterocycles. The van der Waals surface area contributed by atoms with Crippen molar-refractivity contribution in [2.24, 2.45) is 0 Å². The van der Waals surface area contributed by atoms with E-state index in [2.05, 4.69) is 44.5 Å². The smallest absolute Gasteiger partial charge is 0.0957 e. The predicted molar refractivity (Wildman–Crippen MR) is 79.5 cm³/mol. The maximum absolute atomic E-state index is 4.87. The number of benzene rings is 1. The minimum absolute atomic E-state index is 1.08. The van der Waals surface area contributed by atoms with Crippen LogP contribution in [0.4, 0.5) is 0 Å². The van der Waals surface area contributed by atoms with Crippen LogP contribution in [-0.2, 0) is 13.0 Å². The maximum atomic E-state index is 4.87. The molecule has 0 radical (unpaired) electrons. The summed E-state index contributed by atoms with van der Waals surface area (Å²) in [6.07, 6.45) is 3.75. The van der Waals surface area contributed by atoms with Gasteiger partial charge in [0.1, 0.15) is 0 Å². The van der Waals surface area contributed by atoms with Crippen LogP contribution in [0.3, 0.4) is 0 Å². The quantitative estimate of drug-likeness (QED) is 0.748. The molecule has 0 aliphatic carbocycles. The van der Waals surface area contributed by atoms with Crippen molar-refractivity contribution in [1.82, 2.24) is 9.78 Å². The molecule has 0 unspecified atom stereocenters. The van der Waals surface area contributed by atoms with Gasteiger partial charge in [-0.2, -0.15) is 5.10 Å². The van der Waals surface area contributed by atoms with Gasteiger partial charge in [-0.1, -0.05) is 6.07 Å². The zero-order valence-corrected chi connectivity index (χ0v) is 12.4. The largest absolute Gasteiger partial charge is 0.269 e. The molecule has 1 aromatic heterocycles. The Morgan fingerprint density at radius 3 is 2.42 bits per heavy atom. The van der Waals surface area contributed by atoms with Gasteiger partial charge >= 0.3 is 0 Å². The van der Waals surface area contributed by atoms with Crippen LogP contribution in [0.2, 0.25) is 0 Å². The first-order chi connectivity index (χ1) is 9.08. The lowest BCUT2D eigenvalue weighted by Crippen LogP contribution is -2.11. The normalized spacial score (nSPS) is 14.5. The standard InChI is InChI=1S/C17H22N2/c1-11-9-13(3)15(10-12(11)2)17-14(4)16-7-5-6-8-19(16)18-17/h9-10H,5-8H2,1-4H3. The molecule has 2 heterocycles. The minimum atomic E-state index is 1.08. The van der Waals surface area contributed by atoms with Gasteiger partial charge < -0.3 is 0 Å². The Balaban J connectivity index is 2.17. The van der Waals surface area contributed by atoms with E-state index in [1.807, 2.05) is 0 Å². The summed E-state index contributed by atoms with van der Waals surface area (Å²) in [6.45, 7) is 9.87. The molecular formula is C17H22N2. The van der Waals surface area contributed by atoms with Gasteiger partial charge in [-0.15, -0.1) is 0 Å². The Bertz CT molecular complexity index is 635. The number of fused-ring (bicyclic) bond motifs is 1. The highest BCUT2D eigenvalue weighted by atomic mass is 15.3. The van der Waals surface area contributed by atoms with Gasteiger partial charge in [0.25, 0.3) is 0 Å². The summed E-state index contributed by atoms with van der Waals surface area (Å²) in [5, 5.41) is 4.87. The number of aromatic nitrogens is 2. The average Bonchev–Trinajstić information content (AvgIpc) is 2.72. The van der Waals surface area contributed by atoms with Crippen LogP contribution < -0.4 is 0 Å². The maximum Gasteiger partial charge on any atom is 0.0957 e. The number of hydrogen-bond donors (Lipinski definition) is 0. The monoisotopic (exact) mass is 254 g/mol. The van der Waals surface area contributed by atoms with Gasteiger partial charge in [0.15, 0.2) is 0 Å². The van der Waals surface area contributed by atoms with E-state index in [4.69, 9.17) is 5.10 Å². The van der Waals surface area contributed by atoms with Gasteiger partial charge in [-0.3, -0.25) is 4.68 Å². The molecule has 2 aromatic rings. The molecule has 19 heavy (non-hydrogen) atoms. The SMILES string of the molecule is Cc1cc(C)c(-c2nn3c(c2C)CCCC3)cc1C. The zero-order valence-electron chi connectivity index (χ0n) is 12.4.